The van der Waals surface area contributed by atoms with Crippen LogP contribution < -0.4 is 10.2 Å². The summed E-state index contributed by atoms with van der Waals surface area (Å²) in [6.07, 6.45) is 1.13. The van der Waals surface area contributed by atoms with E-state index in [2.05, 4.69) is 34.0 Å². The van der Waals surface area contributed by atoms with Gasteiger partial charge in [-0.25, -0.2) is 4.39 Å². The molecule has 1 heterocycles. The Hall–Kier alpha value is -1.78. The molecule has 0 amide bonds. The molecule has 0 bridgehead atoms. The molecule has 122 valence electrons. The van der Waals surface area contributed by atoms with E-state index in [1.165, 1.54) is 6.07 Å². The fourth-order valence-corrected chi connectivity index (χ4v) is 2.67. The monoisotopic (exact) mass is 306 g/mol. The van der Waals surface area contributed by atoms with Gasteiger partial charge in [0, 0.05) is 39.8 Å². The highest BCUT2D eigenvalue weighted by Crippen LogP contribution is 2.20. The third kappa shape index (κ3) is 4.36. The minimum Gasteiger partial charge on any atom is -0.366 e. The maximum atomic E-state index is 13.8. The first-order chi connectivity index (χ1) is 10.6. The molecule has 0 atom stereocenters. The van der Waals surface area contributed by atoms with Crippen LogP contribution in [0.4, 0.5) is 10.1 Å². The van der Waals surface area contributed by atoms with E-state index in [0.717, 1.165) is 45.1 Å². The van der Waals surface area contributed by atoms with Gasteiger partial charge in [0.25, 0.3) is 0 Å². The van der Waals surface area contributed by atoms with E-state index in [1.807, 2.05) is 19.2 Å². The molecule has 1 N–H and O–H groups in total. The van der Waals surface area contributed by atoms with Crippen LogP contribution in [0.2, 0.25) is 0 Å². The number of nitrogens with zero attached hydrogens (tertiary/aromatic N) is 3. The van der Waals surface area contributed by atoms with Gasteiger partial charge >= 0.3 is 0 Å². The van der Waals surface area contributed by atoms with Crippen LogP contribution >= 0.6 is 0 Å². The van der Waals surface area contributed by atoms with Crippen LogP contribution in [-0.4, -0.2) is 50.6 Å². The lowest BCUT2D eigenvalue weighted by Crippen LogP contribution is -2.52. The summed E-state index contributed by atoms with van der Waals surface area (Å²) in [4.78, 5) is 8.71. The molecule has 0 aliphatic carbocycles. The van der Waals surface area contributed by atoms with Crippen molar-refractivity contribution >= 4 is 11.6 Å². The number of guanidine groups is 1. The largest absolute Gasteiger partial charge is 0.366 e. The van der Waals surface area contributed by atoms with Crippen molar-refractivity contribution in [1.82, 2.24) is 10.2 Å². The van der Waals surface area contributed by atoms with Gasteiger partial charge < -0.3 is 15.1 Å². The Bertz CT molecular complexity index is 493. The molecule has 5 heteroatoms. The standard InChI is InChI=1S/C17H27FN4/c1-14(2)8-9-20-17(19-3)22-12-10-21(11-13-22)16-7-5-4-6-15(16)18/h4-7,14H,8-13H2,1-3H3,(H,19,20). The fraction of sp³-hybridized carbons (Fsp3) is 0.588. The Morgan fingerprint density at radius 2 is 1.91 bits per heavy atom. The molecule has 2 rings (SSSR count). The highest BCUT2D eigenvalue weighted by molar-refractivity contribution is 5.80. The molecular formula is C17H27FN4. The lowest BCUT2D eigenvalue weighted by atomic mass is 10.1. The number of nitrogens with one attached hydrogen (secondary N) is 1. The Morgan fingerprint density at radius 3 is 2.50 bits per heavy atom. The smallest absolute Gasteiger partial charge is 0.193 e. The molecule has 1 aromatic rings. The molecule has 0 unspecified atom stereocenters. The molecule has 1 fully saturated rings. The van der Waals surface area contributed by atoms with Crippen LogP contribution in [0.25, 0.3) is 0 Å². The van der Waals surface area contributed by atoms with E-state index in [1.54, 1.807) is 6.07 Å². The minimum atomic E-state index is -0.143. The Morgan fingerprint density at radius 1 is 1.23 bits per heavy atom. The van der Waals surface area contributed by atoms with Gasteiger partial charge in [-0.2, -0.15) is 0 Å². The van der Waals surface area contributed by atoms with Crippen LogP contribution in [0, 0.1) is 11.7 Å². The van der Waals surface area contributed by atoms with Crippen molar-refractivity contribution in [3.8, 4) is 0 Å². The van der Waals surface area contributed by atoms with Crippen molar-refractivity contribution in [1.29, 1.82) is 0 Å². The molecule has 4 nitrogen and oxygen atoms in total. The summed E-state index contributed by atoms with van der Waals surface area (Å²) in [6, 6.07) is 6.99. The minimum absolute atomic E-state index is 0.143. The van der Waals surface area contributed by atoms with Crippen molar-refractivity contribution in [2.45, 2.75) is 20.3 Å². The fourth-order valence-electron chi connectivity index (χ4n) is 2.67. The van der Waals surface area contributed by atoms with Crippen molar-refractivity contribution in [3.63, 3.8) is 0 Å². The number of piperazine rings is 1. The van der Waals surface area contributed by atoms with Crippen LogP contribution in [-0.2, 0) is 0 Å². The summed E-state index contributed by atoms with van der Waals surface area (Å²) in [5, 5.41) is 3.42. The summed E-state index contributed by atoms with van der Waals surface area (Å²) in [6.45, 7) is 8.72. The van der Waals surface area contributed by atoms with Crippen molar-refractivity contribution < 1.29 is 4.39 Å². The van der Waals surface area contributed by atoms with Gasteiger partial charge in [-0.15, -0.1) is 0 Å². The number of aliphatic imine (C=N–C) groups is 1. The van der Waals surface area contributed by atoms with Gasteiger partial charge in [0.05, 0.1) is 5.69 Å². The second-order valence-corrected chi connectivity index (χ2v) is 6.08. The third-order valence-corrected chi connectivity index (χ3v) is 3.99. The number of hydrogen-bond acceptors (Lipinski definition) is 2. The first-order valence-corrected chi connectivity index (χ1v) is 8.07. The topological polar surface area (TPSA) is 30.9 Å². The molecule has 0 saturated carbocycles. The van der Waals surface area contributed by atoms with Crippen molar-refractivity contribution in [2.24, 2.45) is 10.9 Å². The van der Waals surface area contributed by atoms with E-state index < -0.39 is 0 Å². The number of benzene rings is 1. The molecular weight excluding hydrogens is 279 g/mol. The van der Waals surface area contributed by atoms with Gasteiger partial charge in [-0.3, -0.25) is 4.99 Å². The SMILES string of the molecule is CN=C(NCCC(C)C)N1CCN(c2ccccc2F)CC1. The number of para-hydroxylation sites is 1. The Labute approximate surface area is 133 Å². The van der Waals surface area contributed by atoms with Crippen LogP contribution in [0.15, 0.2) is 29.3 Å². The lowest BCUT2D eigenvalue weighted by molar-refractivity contribution is 0.369. The summed E-state index contributed by atoms with van der Waals surface area (Å²) in [5.41, 5.74) is 0.699. The zero-order valence-electron chi connectivity index (χ0n) is 13.8. The van der Waals surface area contributed by atoms with Gasteiger partial charge in [-0.1, -0.05) is 26.0 Å². The average Bonchev–Trinajstić information content (AvgIpc) is 2.52. The average molecular weight is 306 g/mol. The number of anilines is 1. The maximum absolute atomic E-state index is 13.8. The molecule has 1 aliphatic rings. The third-order valence-electron chi connectivity index (χ3n) is 3.99. The summed E-state index contributed by atoms with van der Waals surface area (Å²) in [5.74, 6) is 1.49. The van der Waals surface area contributed by atoms with Gasteiger partial charge in [0.2, 0.25) is 0 Å². The van der Waals surface area contributed by atoms with E-state index in [0.29, 0.717) is 11.6 Å². The molecule has 1 aliphatic heterocycles. The normalized spacial score (nSPS) is 16.3. The number of hydrogen-bond donors (Lipinski definition) is 1. The second kappa shape index (κ2) is 8.01. The van der Waals surface area contributed by atoms with Gasteiger partial charge in [-0.05, 0) is 24.5 Å². The zero-order chi connectivity index (χ0) is 15.9. The van der Waals surface area contributed by atoms with Crippen LogP contribution in [0.5, 0.6) is 0 Å². The predicted molar refractivity (Wildman–Crippen MR) is 91.0 cm³/mol. The van der Waals surface area contributed by atoms with Gasteiger partial charge in [0.15, 0.2) is 5.96 Å². The molecule has 22 heavy (non-hydrogen) atoms. The number of halogens is 1. The van der Waals surface area contributed by atoms with Crippen molar-refractivity contribution in [2.75, 3.05) is 44.7 Å². The van der Waals surface area contributed by atoms with Crippen LogP contribution in [0.1, 0.15) is 20.3 Å². The molecule has 1 saturated heterocycles. The summed E-state index contributed by atoms with van der Waals surface area (Å²) in [7, 11) is 1.82. The number of rotatable bonds is 4. The molecule has 0 radical (unpaired) electrons. The van der Waals surface area contributed by atoms with E-state index in [9.17, 15) is 4.39 Å². The van der Waals surface area contributed by atoms with E-state index in [-0.39, 0.29) is 5.82 Å². The first kappa shape index (κ1) is 16.6. The van der Waals surface area contributed by atoms with Crippen LogP contribution in [0.3, 0.4) is 0 Å². The molecule has 0 spiro atoms. The first-order valence-electron chi connectivity index (χ1n) is 8.07. The lowest BCUT2D eigenvalue weighted by Gasteiger charge is -2.37. The predicted octanol–water partition coefficient (Wildman–Crippen LogP) is 2.57. The van der Waals surface area contributed by atoms with Gasteiger partial charge in [0.1, 0.15) is 5.82 Å². The molecule has 1 aromatic carbocycles. The highest BCUT2D eigenvalue weighted by atomic mass is 19.1. The quantitative estimate of drug-likeness (QED) is 0.685. The molecule has 0 aromatic heterocycles. The Kier molecular flexibility index (Phi) is 6.04. The van der Waals surface area contributed by atoms with E-state index >= 15 is 0 Å². The summed E-state index contributed by atoms with van der Waals surface area (Å²) >= 11 is 0. The Balaban J connectivity index is 1.87. The second-order valence-electron chi connectivity index (χ2n) is 6.08. The van der Waals surface area contributed by atoms with Crippen molar-refractivity contribution in [3.05, 3.63) is 30.1 Å². The highest BCUT2D eigenvalue weighted by Gasteiger charge is 2.21. The van der Waals surface area contributed by atoms with E-state index in [4.69, 9.17) is 0 Å². The zero-order valence-corrected chi connectivity index (χ0v) is 13.8. The summed E-state index contributed by atoms with van der Waals surface area (Å²) < 4.78 is 13.8. The maximum Gasteiger partial charge on any atom is 0.193 e.